The van der Waals surface area contributed by atoms with Gasteiger partial charge in [-0.2, -0.15) is 0 Å². The Bertz CT molecular complexity index is 806. The van der Waals surface area contributed by atoms with Gasteiger partial charge in [0.05, 0.1) is 23.3 Å². The first-order valence-corrected chi connectivity index (χ1v) is 6.21. The van der Waals surface area contributed by atoms with E-state index in [1.54, 1.807) is 12.3 Å². The Labute approximate surface area is 114 Å². The lowest BCUT2D eigenvalue weighted by molar-refractivity contribution is 0.629. The quantitative estimate of drug-likeness (QED) is 0.731. The van der Waals surface area contributed by atoms with E-state index in [9.17, 15) is 4.39 Å². The van der Waals surface area contributed by atoms with Crippen LogP contribution in [0.1, 0.15) is 11.5 Å². The lowest BCUT2D eigenvalue weighted by Gasteiger charge is -2.04. The van der Waals surface area contributed by atoms with Crippen LogP contribution in [0.25, 0.3) is 11.0 Å². The van der Waals surface area contributed by atoms with Crippen molar-refractivity contribution < 1.29 is 4.39 Å². The molecule has 0 amide bonds. The Hall–Kier alpha value is -2.08. The highest BCUT2D eigenvalue weighted by atomic mass is 32.1. The fourth-order valence-electron chi connectivity index (χ4n) is 2.05. The average Bonchev–Trinajstić information content (AvgIpc) is 2.65. The van der Waals surface area contributed by atoms with Crippen LogP contribution in [0, 0.1) is 17.5 Å². The van der Waals surface area contributed by atoms with Crippen LogP contribution in [0.2, 0.25) is 0 Å². The molecule has 6 heteroatoms. The Morgan fingerprint density at radius 3 is 3.00 bits per heavy atom. The van der Waals surface area contributed by atoms with Gasteiger partial charge in [0.15, 0.2) is 4.77 Å². The second kappa shape index (κ2) is 4.55. The summed E-state index contributed by atoms with van der Waals surface area (Å²) in [6, 6.07) is 6.42. The molecule has 0 aliphatic carbocycles. The summed E-state index contributed by atoms with van der Waals surface area (Å²) in [5.41, 5.74) is 2.42. The van der Waals surface area contributed by atoms with Gasteiger partial charge in [-0.25, -0.2) is 14.4 Å². The number of nitrogens with one attached hydrogen (secondary N) is 1. The molecule has 4 nitrogen and oxygen atoms in total. The molecular weight excluding hydrogens is 263 g/mol. The Kier molecular flexibility index (Phi) is 2.87. The van der Waals surface area contributed by atoms with E-state index in [4.69, 9.17) is 12.2 Å². The van der Waals surface area contributed by atoms with E-state index in [1.807, 2.05) is 17.6 Å². The predicted molar refractivity (Wildman–Crippen MR) is 73.0 cm³/mol. The van der Waals surface area contributed by atoms with Gasteiger partial charge in [0.25, 0.3) is 0 Å². The van der Waals surface area contributed by atoms with Crippen molar-refractivity contribution in [1.82, 2.24) is 19.5 Å². The largest absolute Gasteiger partial charge is 0.330 e. The van der Waals surface area contributed by atoms with Gasteiger partial charge in [0, 0.05) is 6.20 Å². The van der Waals surface area contributed by atoms with Crippen molar-refractivity contribution in [2.24, 2.45) is 0 Å². The molecule has 19 heavy (non-hydrogen) atoms. The van der Waals surface area contributed by atoms with E-state index in [0.717, 1.165) is 17.0 Å². The molecule has 0 atom stereocenters. The topological polar surface area (TPSA) is 46.5 Å². The van der Waals surface area contributed by atoms with Crippen molar-refractivity contribution in [3.05, 3.63) is 52.6 Å². The van der Waals surface area contributed by atoms with Crippen LogP contribution in [0.15, 0.2) is 30.5 Å². The first-order chi connectivity index (χ1) is 9.13. The highest BCUT2D eigenvalue weighted by molar-refractivity contribution is 7.71. The van der Waals surface area contributed by atoms with Gasteiger partial charge in [-0.3, -0.25) is 0 Å². The third-order valence-corrected chi connectivity index (χ3v) is 3.21. The summed E-state index contributed by atoms with van der Waals surface area (Å²) < 4.78 is 15.6. The number of rotatable bonds is 2. The minimum absolute atomic E-state index is 0.284. The zero-order chi connectivity index (χ0) is 13.4. The first kappa shape index (κ1) is 12.0. The maximum Gasteiger partial charge on any atom is 0.178 e. The summed E-state index contributed by atoms with van der Waals surface area (Å²) in [5.74, 6) is 0.434. The van der Waals surface area contributed by atoms with Crippen molar-refractivity contribution in [3.63, 3.8) is 0 Å². The highest BCUT2D eigenvalue weighted by Gasteiger charge is 2.07. The summed E-state index contributed by atoms with van der Waals surface area (Å²) >= 11 is 5.27. The molecule has 0 saturated carbocycles. The van der Waals surface area contributed by atoms with Gasteiger partial charge in [0.1, 0.15) is 11.6 Å². The molecule has 0 spiro atoms. The average molecular weight is 274 g/mol. The standard InChI is InChI=1S/C13H11FN4S/c1-8-15-5-4-10(16-8)7-18-12-3-2-9(14)6-11(12)17-13(18)19/h2-6H,7H2,1H3,(H,17,19). The van der Waals surface area contributed by atoms with E-state index in [-0.39, 0.29) is 5.82 Å². The summed E-state index contributed by atoms with van der Waals surface area (Å²) in [6.07, 6.45) is 1.72. The second-order valence-electron chi connectivity index (χ2n) is 4.27. The smallest absolute Gasteiger partial charge is 0.178 e. The Balaban J connectivity index is 2.10. The van der Waals surface area contributed by atoms with Gasteiger partial charge in [-0.15, -0.1) is 0 Å². The number of hydrogen-bond donors (Lipinski definition) is 1. The normalized spacial score (nSPS) is 11.1. The summed E-state index contributed by atoms with van der Waals surface area (Å²) in [5, 5.41) is 0. The summed E-state index contributed by atoms with van der Waals surface area (Å²) in [6.45, 7) is 2.38. The number of aromatic amines is 1. The number of aryl methyl sites for hydroxylation is 1. The molecule has 0 aliphatic rings. The second-order valence-corrected chi connectivity index (χ2v) is 4.66. The molecule has 0 fully saturated rings. The molecular formula is C13H11FN4S. The van der Waals surface area contributed by atoms with E-state index in [0.29, 0.717) is 16.8 Å². The number of hydrogen-bond acceptors (Lipinski definition) is 3. The molecule has 0 bridgehead atoms. The van der Waals surface area contributed by atoms with E-state index in [1.165, 1.54) is 12.1 Å². The minimum atomic E-state index is -0.284. The molecule has 2 heterocycles. The van der Waals surface area contributed by atoms with Crippen molar-refractivity contribution in [2.75, 3.05) is 0 Å². The highest BCUT2D eigenvalue weighted by Crippen LogP contribution is 2.16. The SMILES string of the molecule is Cc1nccc(Cn2c(=S)[nH]c3cc(F)ccc32)n1. The Morgan fingerprint density at radius 2 is 2.21 bits per heavy atom. The predicted octanol–water partition coefficient (Wildman–Crippen LogP) is 2.98. The molecule has 1 aromatic carbocycles. The molecule has 1 N–H and O–H groups in total. The maximum atomic E-state index is 13.2. The van der Waals surface area contributed by atoms with Crippen LogP contribution < -0.4 is 0 Å². The van der Waals surface area contributed by atoms with Crippen LogP contribution >= 0.6 is 12.2 Å². The molecule has 0 radical (unpaired) electrons. The van der Waals surface area contributed by atoms with E-state index < -0.39 is 0 Å². The molecule has 0 saturated heterocycles. The monoisotopic (exact) mass is 274 g/mol. The zero-order valence-corrected chi connectivity index (χ0v) is 11.0. The van der Waals surface area contributed by atoms with Gasteiger partial charge in [-0.1, -0.05) is 0 Å². The van der Waals surface area contributed by atoms with Crippen molar-refractivity contribution >= 4 is 23.3 Å². The van der Waals surface area contributed by atoms with Crippen molar-refractivity contribution in [3.8, 4) is 0 Å². The van der Waals surface area contributed by atoms with E-state index >= 15 is 0 Å². The lowest BCUT2D eigenvalue weighted by Crippen LogP contribution is -2.03. The fraction of sp³-hybridized carbons (Fsp3) is 0.154. The molecule has 96 valence electrons. The summed E-state index contributed by atoms with van der Waals surface area (Å²) in [7, 11) is 0. The van der Waals surface area contributed by atoms with Gasteiger partial charge < -0.3 is 9.55 Å². The fourth-order valence-corrected chi connectivity index (χ4v) is 2.32. The van der Waals surface area contributed by atoms with Crippen LogP contribution in [0.3, 0.4) is 0 Å². The molecule has 0 aliphatic heterocycles. The first-order valence-electron chi connectivity index (χ1n) is 5.80. The minimum Gasteiger partial charge on any atom is -0.330 e. The van der Waals surface area contributed by atoms with Gasteiger partial charge in [-0.05, 0) is 43.4 Å². The van der Waals surface area contributed by atoms with Crippen LogP contribution in [-0.4, -0.2) is 19.5 Å². The number of fused-ring (bicyclic) bond motifs is 1. The van der Waals surface area contributed by atoms with Gasteiger partial charge in [0.2, 0.25) is 0 Å². The maximum absolute atomic E-state index is 13.2. The number of imidazole rings is 1. The number of nitrogens with zero attached hydrogens (tertiary/aromatic N) is 3. The number of halogens is 1. The molecule has 3 aromatic rings. The lowest BCUT2D eigenvalue weighted by atomic mass is 10.3. The van der Waals surface area contributed by atoms with Crippen molar-refractivity contribution in [2.45, 2.75) is 13.5 Å². The van der Waals surface area contributed by atoms with Crippen LogP contribution in [0.5, 0.6) is 0 Å². The van der Waals surface area contributed by atoms with Crippen LogP contribution in [-0.2, 0) is 6.54 Å². The number of H-pyrrole nitrogens is 1. The zero-order valence-electron chi connectivity index (χ0n) is 10.2. The summed E-state index contributed by atoms with van der Waals surface area (Å²) in [4.78, 5) is 11.4. The number of aromatic nitrogens is 4. The molecule has 0 unspecified atom stereocenters. The van der Waals surface area contributed by atoms with Crippen LogP contribution in [0.4, 0.5) is 4.39 Å². The van der Waals surface area contributed by atoms with Gasteiger partial charge >= 0.3 is 0 Å². The number of benzene rings is 1. The molecule has 2 aromatic heterocycles. The third kappa shape index (κ3) is 2.26. The van der Waals surface area contributed by atoms with E-state index in [2.05, 4.69) is 15.0 Å². The van der Waals surface area contributed by atoms with Crippen molar-refractivity contribution in [1.29, 1.82) is 0 Å². The molecule has 3 rings (SSSR count). The Morgan fingerprint density at radius 1 is 1.37 bits per heavy atom. The third-order valence-electron chi connectivity index (χ3n) is 2.89.